The van der Waals surface area contributed by atoms with Gasteiger partial charge in [-0.2, -0.15) is 0 Å². The second-order valence-corrected chi connectivity index (χ2v) is 6.90. The molecule has 0 radical (unpaired) electrons. The van der Waals surface area contributed by atoms with Crippen molar-refractivity contribution in [2.24, 2.45) is 11.8 Å². The first kappa shape index (κ1) is 15.8. The van der Waals surface area contributed by atoms with Crippen LogP contribution < -0.4 is 0 Å². The average Bonchev–Trinajstić information content (AvgIpc) is 2.46. The number of carboxylic acids is 1. The van der Waals surface area contributed by atoms with E-state index >= 15 is 0 Å². The minimum Gasteiger partial charge on any atom is -0.480 e. The highest BCUT2D eigenvalue weighted by Gasteiger charge is 2.31. The molecule has 0 aromatic heterocycles. The van der Waals surface area contributed by atoms with E-state index < -0.39 is 5.97 Å². The number of carbonyl (C=O) groups is 1. The maximum Gasteiger partial charge on any atom is 0.320 e. The fraction of sp³-hybridized carbons (Fsp3) is 0.938. The Hall–Kier alpha value is -0.610. The van der Waals surface area contributed by atoms with E-state index in [0.717, 1.165) is 44.1 Å². The van der Waals surface area contributed by atoms with Gasteiger partial charge in [0.2, 0.25) is 0 Å². The van der Waals surface area contributed by atoms with Crippen LogP contribution in [0.25, 0.3) is 0 Å². The van der Waals surface area contributed by atoms with Crippen molar-refractivity contribution in [1.29, 1.82) is 0 Å². The van der Waals surface area contributed by atoms with Gasteiger partial charge in [0.1, 0.15) is 6.04 Å². The lowest BCUT2D eigenvalue weighted by Crippen LogP contribution is -2.54. The normalized spacial score (nSPS) is 31.4. The summed E-state index contributed by atoms with van der Waals surface area (Å²) in [6, 6.07) is 0.404. The minimum atomic E-state index is -0.698. The van der Waals surface area contributed by atoms with E-state index in [1.807, 2.05) is 0 Å². The molecule has 2 aliphatic rings. The highest BCUT2D eigenvalue weighted by atomic mass is 16.4. The van der Waals surface area contributed by atoms with Crippen LogP contribution in [0.1, 0.15) is 46.5 Å². The third-order valence-electron chi connectivity index (χ3n) is 5.45. The van der Waals surface area contributed by atoms with Crippen LogP contribution in [-0.2, 0) is 4.79 Å². The van der Waals surface area contributed by atoms with Gasteiger partial charge in [-0.05, 0) is 44.4 Å². The van der Waals surface area contributed by atoms with Crippen molar-refractivity contribution >= 4 is 5.97 Å². The summed E-state index contributed by atoms with van der Waals surface area (Å²) in [7, 11) is 0. The summed E-state index contributed by atoms with van der Waals surface area (Å²) in [5, 5.41) is 9.07. The first-order valence-corrected chi connectivity index (χ1v) is 8.20. The summed E-state index contributed by atoms with van der Waals surface area (Å²) in [6.45, 7) is 10.4. The first-order chi connectivity index (χ1) is 9.49. The zero-order chi connectivity index (χ0) is 14.7. The SMILES string of the molecule is CC(C)C1CCC(N2CCN(C(C)C(=O)O)CC2)CC1. The zero-order valence-electron chi connectivity index (χ0n) is 13.2. The maximum atomic E-state index is 11.0. The molecule has 1 saturated heterocycles. The summed E-state index contributed by atoms with van der Waals surface area (Å²) >= 11 is 0. The van der Waals surface area contributed by atoms with Gasteiger partial charge in [-0.3, -0.25) is 14.6 Å². The third-order valence-corrected chi connectivity index (χ3v) is 5.45. The lowest BCUT2D eigenvalue weighted by Gasteiger charge is -2.43. The first-order valence-electron chi connectivity index (χ1n) is 8.20. The van der Waals surface area contributed by atoms with Crippen molar-refractivity contribution in [2.45, 2.75) is 58.5 Å². The van der Waals surface area contributed by atoms with Crippen LogP contribution in [-0.4, -0.2) is 59.1 Å². The standard InChI is InChI=1S/C16H30N2O2/c1-12(2)14-4-6-15(7-5-14)18-10-8-17(9-11-18)13(3)16(19)20/h12-15H,4-11H2,1-3H3,(H,19,20). The van der Waals surface area contributed by atoms with Crippen molar-refractivity contribution in [2.75, 3.05) is 26.2 Å². The van der Waals surface area contributed by atoms with E-state index in [2.05, 4.69) is 23.6 Å². The van der Waals surface area contributed by atoms with Gasteiger partial charge >= 0.3 is 5.97 Å². The predicted octanol–water partition coefficient (Wildman–Crippen LogP) is 2.29. The Labute approximate surface area is 123 Å². The zero-order valence-corrected chi connectivity index (χ0v) is 13.2. The molecule has 1 heterocycles. The van der Waals surface area contributed by atoms with E-state index in [4.69, 9.17) is 5.11 Å². The van der Waals surface area contributed by atoms with E-state index in [0.29, 0.717) is 0 Å². The third kappa shape index (κ3) is 3.73. The Morgan fingerprint density at radius 2 is 1.55 bits per heavy atom. The van der Waals surface area contributed by atoms with Crippen molar-refractivity contribution in [3.05, 3.63) is 0 Å². The quantitative estimate of drug-likeness (QED) is 0.859. The number of hydrogen-bond acceptors (Lipinski definition) is 3. The van der Waals surface area contributed by atoms with Gasteiger partial charge in [0.15, 0.2) is 0 Å². The molecule has 4 heteroatoms. The Balaban J connectivity index is 1.76. The van der Waals surface area contributed by atoms with Crippen molar-refractivity contribution in [3.63, 3.8) is 0 Å². The summed E-state index contributed by atoms with van der Waals surface area (Å²) in [5.41, 5.74) is 0. The van der Waals surface area contributed by atoms with Gasteiger partial charge in [0.25, 0.3) is 0 Å². The molecule has 1 atom stereocenters. The van der Waals surface area contributed by atoms with Crippen LogP contribution in [0.2, 0.25) is 0 Å². The summed E-state index contributed by atoms with van der Waals surface area (Å²) in [5.74, 6) is 1.04. The topological polar surface area (TPSA) is 43.8 Å². The van der Waals surface area contributed by atoms with Gasteiger partial charge in [0.05, 0.1) is 0 Å². The number of nitrogens with zero attached hydrogens (tertiary/aromatic N) is 2. The molecule has 2 fully saturated rings. The van der Waals surface area contributed by atoms with Crippen LogP contribution in [0.4, 0.5) is 0 Å². The number of carboxylic acid groups (broad SMARTS) is 1. The summed E-state index contributed by atoms with van der Waals surface area (Å²) < 4.78 is 0. The fourth-order valence-electron chi connectivity index (χ4n) is 3.78. The molecule has 1 N–H and O–H groups in total. The molecule has 0 spiro atoms. The molecule has 0 bridgehead atoms. The molecule has 2 rings (SSSR count). The average molecular weight is 282 g/mol. The van der Waals surface area contributed by atoms with E-state index in [1.54, 1.807) is 6.92 Å². The second kappa shape index (κ2) is 6.90. The van der Waals surface area contributed by atoms with Gasteiger partial charge in [-0.1, -0.05) is 13.8 Å². The Bertz CT molecular complexity index is 316. The van der Waals surface area contributed by atoms with E-state index in [1.165, 1.54) is 25.7 Å². The molecule has 0 aromatic carbocycles. The second-order valence-electron chi connectivity index (χ2n) is 6.90. The van der Waals surface area contributed by atoms with Crippen molar-refractivity contribution < 1.29 is 9.90 Å². The van der Waals surface area contributed by atoms with Crippen LogP contribution in [0.5, 0.6) is 0 Å². The molecule has 116 valence electrons. The Morgan fingerprint density at radius 3 is 2.00 bits per heavy atom. The van der Waals surface area contributed by atoms with Gasteiger partial charge < -0.3 is 5.11 Å². The van der Waals surface area contributed by atoms with E-state index in [9.17, 15) is 4.79 Å². The van der Waals surface area contributed by atoms with Crippen LogP contribution in [0, 0.1) is 11.8 Å². The minimum absolute atomic E-state index is 0.339. The molecule has 4 nitrogen and oxygen atoms in total. The van der Waals surface area contributed by atoms with Crippen LogP contribution in [0.3, 0.4) is 0 Å². The van der Waals surface area contributed by atoms with Crippen LogP contribution >= 0.6 is 0 Å². The van der Waals surface area contributed by atoms with Gasteiger partial charge in [0, 0.05) is 32.2 Å². The lowest BCUT2D eigenvalue weighted by molar-refractivity contribution is -0.143. The van der Waals surface area contributed by atoms with Crippen molar-refractivity contribution in [1.82, 2.24) is 9.80 Å². The molecule has 1 saturated carbocycles. The Morgan fingerprint density at radius 1 is 1.00 bits per heavy atom. The van der Waals surface area contributed by atoms with Gasteiger partial charge in [-0.25, -0.2) is 0 Å². The number of rotatable bonds is 4. The predicted molar refractivity (Wildman–Crippen MR) is 80.8 cm³/mol. The molecule has 0 amide bonds. The number of aliphatic carboxylic acids is 1. The summed E-state index contributed by atoms with van der Waals surface area (Å²) in [6.07, 6.45) is 5.40. The van der Waals surface area contributed by atoms with Crippen molar-refractivity contribution in [3.8, 4) is 0 Å². The number of piperazine rings is 1. The highest BCUT2D eigenvalue weighted by Crippen LogP contribution is 2.32. The molecular formula is C16H30N2O2. The molecule has 20 heavy (non-hydrogen) atoms. The van der Waals surface area contributed by atoms with E-state index in [-0.39, 0.29) is 6.04 Å². The smallest absolute Gasteiger partial charge is 0.320 e. The monoisotopic (exact) mass is 282 g/mol. The fourth-order valence-corrected chi connectivity index (χ4v) is 3.78. The van der Waals surface area contributed by atoms with Gasteiger partial charge in [-0.15, -0.1) is 0 Å². The largest absolute Gasteiger partial charge is 0.480 e. The molecule has 0 aromatic rings. The number of hydrogen-bond donors (Lipinski definition) is 1. The summed E-state index contributed by atoms with van der Waals surface area (Å²) in [4.78, 5) is 15.7. The molecule has 1 aliphatic carbocycles. The molecular weight excluding hydrogens is 252 g/mol. The lowest BCUT2D eigenvalue weighted by atomic mass is 9.79. The maximum absolute atomic E-state index is 11.0. The highest BCUT2D eigenvalue weighted by molar-refractivity contribution is 5.72. The van der Waals surface area contributed by atoms with Crippen LogP contribution in [0.15, 0.2) is 0 Å². The molecule has 1 unspecified atom stereocenters. The Kier molecular flexibility index (Phi) is 5.44. The molecule has 1 aliphatic heterocycles.